The minimum Gasteiger partial charge on any atom is -0.366 e. The summed E-state index contributed by atoms with van der Waals surface area (Å²) in [4.78, 5) is 23.6. The highest BCUT2D eigenvalue weighted by molar-refractivity contribution is 6.05. The summed E-state index contributed by atoms with van der Waals surface area (Å²) in [6, 6.07) is 10.7. The van der Waals surface area contributed by atoms with Crippen LogP contribution in [0.25, 0.3) is 5.69 Å². The molecule has 3 rings (SSSR count). The second kappa shape index (κ2) is 7.18. The van der Waals surface area contributed by atoms with Crippen molar-refractivity contribution in [3.63, 3.8) is 0 Å². The zero-order chi connectivity index (χ0) is 20.5. The van der Waals surface area contributed by atoms with Crippen LogP contribution in [0.1, 0.15) is 32.0 Å². The Morgan fingerprint density at radius 3 is 2.39 bits per heavy atom. The molecule has 2 aromatic carbocycles. The van der Waals surface area contributed by atoms with Gasteiger partial charge >= 0.3 is 6.18 Å². The van der Waals surface area contributed by atoms with Crippen molar-refractivity contribution >= 4 is 17.5 Å². The van der Waals surface area contributed by atoms with Crippen LogP contribution in [-0.2, 0) is 6.18 Å². The van der Waals surface area contributed by atoms with Crippen LogP contribution in [0, 0.1) is 6.92 Å². The van der Waals surface area contributed by atoms with Crippen LogP contribution in [0.15, 0.2) is 54.7 Å². The van der Waals surface area contributed by atoms with Gasteiger partial charge in [0.25, 0.3) is 5.91 Å². The molecule has 0 fully saturated rings. The van der Waals surface area contributed by atoms with Gasteiger partial charge < -0.3 is 11.1 Å². The molecule has 0 radical (unpaired) electrons. The van der Waals surface area contributed by atoms with Crippen LogP contribution in [0.5, 0.6) is 0 Å². The molecular formula is C19H15F3N4O2. The number of nitrogens with zero attached hydrogens (tertiary/aromatic N) is 2. The summed E-state index contributed by atoms with van der Waals surface area (Å²) in [6.45, 7) is 1.58. The lowest BCUT2D eigenvalue weighted by molar-refractivity contribution is -0.137. The molecule has 2 amide bonds. The number of benzene rings is 2. The molecular weight excluding hydrogens is 373 g/mol. The Bertz CT molecular complexity index is 1040. The van der Waals surface area contributed by atoms with E-state index >= 15 is 0 Å². The van der Waals surface area contributed by atoms with Gasteiger partial charge in [0, 0.05) is 11.3 Å². The summed E-state index contributed by atoms with van der Waals surface area (Å²) < 4.78 is 40.0. The molecule has 0 saturated heterocycles. The standard InChI is InChI=1S/C19H15F3N4O2/c1-11-16(18(28)25-14-7-5-12(6-8-14)17(23)27)10-24-26(11)15-4-2-3-13(9-15)19(20,21)22/h2-10H,1H3,(H2,23,27)(H,25,28). The lowest BCUT2D eigenvalue weighted by atomic mass is 10.1. The maximum absolute atomic E-state index is 12.9. The molecule has 1 heterocycles. The van der Waals surface area contributed by atoms with Crippen LogP contribution in [0.3, 0.4) is 0 Å². The first kappa shape index (κ1) is 19.2. The second-order valence-electron chi connectivity index (χ2n) is 6.00. The fourth-order valence-corrected chi connectivity index (χ4v) is 2.62. The van der Waals surface area contributed by atoms with Crippen molar-refractivity contribution in [1.29, 1.82) is 0 Å². The van der Waals surface area contributed by atoms with E-state index < -0.39 is 23.6 Å². The van der Waals surface area contributed by atoms with E-state index in [0.29, 0.717) is 16.9 Å². The Morgan fingerprint density at radius 1 is 1.11 bits per heavy atom. The molecule has 0 aliphatic rings. The van der Waals surface area contributed by atoms with Crippen LogP contribution >= 0.6 is 0 Å². The number of anilines is 1. The van der Waals surface area contributed by atoms with Crippen molar-refractivity contribution in [2.45, 2.75) is 13.1 Å². The Morgan fingerprint density at radius 2 is 1.79 bits per heavy atom. The molecule has 0 bridgehead atoms. The average molecular weight is 388 g/mol. The number of primary amides is 1. The zero-order valence-corrected chi connectivity index (χ0v) is 14.6. The Labute approximate surface area is 157 Å². The van der Waals surface area contributed by atoms with Gasteiger partial charge in [0.15, 0.2) is 0 Å². The molecule has 3 N–H and O–H groups in total. The topological polar surface area (TPSA) is 90.0 Å². The zero-order valence-electron chi connectivity index (χ0n) is 14.6. The predicted octanol–water partition coefficient (Wildman–Crippen LogP) is 3.55. The summed E-state index contributed by atoms with van der Waals surface area (Å²) in [6.07, 6.45) is -3.20. The molecule has 9 heteroatoms. The van der Waals surface area contributed by atoms with Gasteiger partial charge in [0.2, 0.25) is 5.91 Å². The smallest absolute Gasteiger partial charge is 0.366 e. The van der Waals surface area contributed by atoms with E-state index in [2.05, 4.69) is 10.4 Å². The molecule has 0 atom stereocenters. The van der Waals surface area contributed by atoms with Crippen molar-refractivity contribution in [2.75, 3.05) is 5.32 Å². The number of rotatable bonds is 4. The number of nitrogens with one attached hydrogen (secondary N) is 1. The Balaban J connectivity index is 1.84. The van der Waals surface area contributed by atoms with Crippen molar-refractivity contribution in [3.8, 4) is 5.69 Å². The predicted molar refractivity (Wildman–Crippen MR) is 96.2 cm³/mol. The normalized spacial score (nSPS) is 11.3. The molecule has 0 unspecified atom stereocenters. The summed E-state index contributed by atoms with van der Waals surface area (Å²) >= 11 is 0. The number of halogens is 3. The van der Waals surface area contributed by atoms with Gasteiger partial charge in [-0.25, -0.2) is 4.68 Å². The molecule has 0 saturated carbocycles. The molecule has 3 aromatic rings. The van der Waals surface area contributed by atoms with Gasteiger partial charge in [-0.05, 0) is 49.4 Å². The molecule has 144 valence electrons. The van der Waals surface area contributed by atoms with Crippen LogP contribution in [0.4, 0.5) is 18.9 Å². The molecule has 1 aromatic heterocycles. The lowest BCUT2D eigenvalue weighted by Crippen LogP contribution is -2.14. The maximum atomic E-state index is 12.9. The molecule has 0 spiro atoms. The highest BCUT2D eigenvalue weighted by atomic mass is 19.4. The summed E-state index contributed by atoms with van der Waals surface area (Å²) in [5.74, 6) is -1.07. The van der Waals surface area contributed by atoms with Gasteiger partial charge in [-0.1, -0.05) is 6.07 Å². The summed E-state index contributed by atoms with van der Waals surface area (Å²) in [5.41, 5.74) is 5.87. The number of carbonyl (C=O) groups excluding carboxylic acids is 2. The van der Waals surface area contributed by atoms with Crippen molar-refractivity contribution in [2.24, 2.45) is 5.73 Å². The average Bonchev–Trinajstić information content (AvgIpc) is 3.03. The van der Waals surface area contributed by atoms with Crippen LogP contribution < -0.4 is 11.1 Å². The number of hydrogen-bond donors (Lipinski definition) is 2. The third kappa shape index (κ3) is 3.88. The SMILES string of the molecule is Cc1c(C(=O)Nc2ccc(C(N)=O)cc2)cnn1-c1cccc(C(F)(F)F)c1. The van der Waals surface area contributed by atoms with Gasteiger partial charge in [0.05, 0.1) is 28.7 Å². The van der Waals surface area contributed by atoms with E-state index in [9.17, 15) is 22.8 Å². The monoisotopic (exact) mass is 388 g/mol. The van der Waals surface area contributed by atoms with Crippen LogP contribution in [-0.4, -0.2) is 21.6 Å². The summed E-state index contributed by atoms with van der Waals surface area (Å²) in [5, 5.41) is 6.68. The van der Waals surface area contributed by atoms with E-state index in [1.165, 1.54) is 47.3 Å². The fourth-order valence-electron chi connectivity index (χ4n) is 2.62. The highest BCUT2D eigenvalue weighted by Gasteiger charge is 2.30. The first-order valence-corrected chi connectivity index (χ1v) is 8.10. The van der Waals surface area contributed by atoms with Crippen molar-refractivity contribution < 1.29 is 22.8 Å². The van der Waals surface area contributed by atoms with E-state index in [0.717, 1.165) is 12.1 Å². The number of amides is 2. The second-order valence-corrected chi connectivity index (χ2v) is 6.00. The van der Waals surface area contributed by atoms with E-state index in [-0.39, 0.29) is 11.3 Å². The Kier molecular flexibility index (Phi) is 4.91. The first-order valence-electron chi connectivity index (χ1n) is 8.10. The Hall–Kier alpha value is -3.62. The van der Waals surface area contributed by atoms with Gasteiger partial charge in [0.1, 0.15) is 0 Å². The van der Waals surface area contributed by atoms with Gasteiger partial charge in [-0.2, -0.15) is 18.3 Å². The van der Waals surface area contributed by atoms with Crippen molar-refractivity contribution in [3.05, 3.63) is 77.1 Å². The van der Waals surface area contributed by atoms with E-state index in [1.54, 1.807) is 6.92 Å². The molecule has 6 nitrogen and oxygen atoms in total. The number of hydrogen-bond acceptors (Lipinski definition) is 3. The number of alkyl halides is 3. The maximum Gasteiger partial charge on any atom is 0.416 e. The fraction of sp³-hybridized carbons (Fsp3) is 0.105. The third-order valence-corrected chi connectivity index (χ3v) is 4.10. The molecule has 0 aliphatic heterocycles. The lowest BCUT2D eigenvalue weighted by Gasteiger charge is -2.10. The van der Waals surface area contributed by atoms with E-state index in [1.807, 2.05) is 0 Å². The quantitative estimate of drug-likeness (QED) is 0.716. The minimum absolute atomic E-state index is 0.192. The highest BCUT2D eigenvalue weighted by Crippen LogP contribution is 2.30. The minimum atomic E-state index is -4.48. The molecule has 0 aliphatic carbocycles. The van der Waals surface area contributed by atoms with Crippen LogP contribution in [0.2, 0.25) is 0 Å². The summed E-state index contributed by atoms with van der Waals surface area (Å²) in [7, 11) is 0. The van der Waals surface area contributed by atoms with Gasteiger partial charge in [-0.15, -0.1) is 0 Å². The number of nitrogens with two attached hydrogens (primary N) is 1. The van der Waals surface area contributed by atoms with Crippen molar-refractivity contribution in [1.82, 2.24) is 9.78 Å². The van der Waals surface area contributed by atoms with E-state index in [4.69, 9.17) is 5.73 Å². The largest absolute Gasteiger partial charge is 0.416 e. The first-order chi connectivity index (χ1) is 13.2. The third-order valence-electron chi connectivity index (χ3n) is 4.10. The number of aromatic nitrogens is 2. The number of carbonyl (C=O) groups is 2. The van der Waals surface area contributed by atoms with Gasteiger partial charge in [-0.3, -0.25) is 9.59 Å². The molecule has 28 heavy (non-hydrogen) atoms.